The average molecular weight is 384 g/mol. The molecule has 1 fully saturated rings. The van der Waals surface area contributed by atoms with Crippen LogP contribution in [0.4, 0.5) is 14.6 Å². The number of aromatic nitrogens is 4. The molecule has 0 N–H and O–H groups in total. The van der Waals surface area contributed by atoms with E-state index in [-0.39, 0.29) is 11.5 Å². The number of nitrogens with zero attached hydrogens (tertiary/aromatic N) is 6. The Morgan fingerprint density at radius 3 is 2.29 bits per heavy atom. The predicted octanol–water partition coefficient (Wildman–Crippen LogP) is 2.21. The zero-order valence-corrected chi connectivity index (χ0v) is 15.2. The van der Waals surface area contributed by atoms with Gasteiger partial charge in [0.15, 0.2) is 23.3 Å². The third-order valence-electron chi connectivity index (χ3n) is 4.77. The highest BCUT2D eigenvalue weighted by Crippen LogP contribution is 2.17. The molecule has 7 nitrogen and oxygen atoms in total. The minimum absolute atomic E-state index is 0.146. The van der Waals surface area contributed by atoms with Gasteiger partial charge in [0.05, 0.1) is 0 Å². The van der Waals surface area contributed by atoms with Gasteiger partial charge in [-0.1, -0.05) is 0 Å². The lowest BCUT2D eigenvalue weighted by atomic mass is 10.1. The third-order valence-corrected chi connectivity index (χ3v) is 4.77. The molecule has 4 rings (SSSR count). The summed E-state index contributed by atoms with van der Waals surface area (Å²) in [6.07, 6.45) is 3.52. The molecule has 1 aromatic carbocycles. The maximum Gasteiger partial charge on any atom is 0.254 e. The van der Waals surface area contributed by atoms with Gasteiger partial charge in [-0.25, -0.2) is 13.8 Å². The number of halogens is 2. The fraction of sp³-hybridized carbons (Fsp3) is 0.263. The van der Waals surface area contributed by atoms with Gasteiger partial charge in [-0.05, 0) is 37.3 Å². The molecule has 9 heteroatoms. The lowest BCUT2D eigenvalue weighted by molar-refractivity contribution is 0.0746. The summed E-state index contributed by atoms with van der Waals surface area (Å²) >= 11 is 0. The fourth-order valence-corrected chi connectivity index (χ4v) is 3.19. The Morgan fingerprint density at radius 2 is 1.68 bits per heavy atom. The molecular weight excluding hydrogens is 366 g/mol. The standard InChI is InChI=1S/C19H18F2N6O/c1-13-22-6-7-27(13)18-5-4-17(23-24-18)25-8-10-26(11-9-25)19(28)14-2-3-15(20)16(21)12-14/h2-7,12H,8-11H2,1H3. The van der Waals surface area contributed by atoms with Gasteiger partial charge in [0.1, 0.15) is 5.82 Å². The van der Waals surface area contributed by atoms with Crippen LogP contribution < -0.4 is 4.90 Å². The van der Waals surface area contributed by atoms with Crippen molar-refractivity contribution >= 4 is 11.7 Å². The van der Waals surface area contributed by atoms with E-state index in [1.807, 2.05) is 34.7 Å². The van der Waals surface area contributed by atoms with Crippen LogP contribution in [-0.4, -0.2) is 56.7 Å². The van der Waals surface area contributed by atoms with Crippen LogP contribution in [0.15, 0.2) is 42.7 Å². The Morgan fingerprint density at radius 1 is 0.964 bits per heavy atom. The van der Waals surface area contributed by atoms with E-state index >= 15 is 0 Å². The molecule has 2 aromatic heterocycles. The summed E-state index contributed by atoms with van der Waals surface area (Å²) < 4.78 is 28.3. The topological polar surface area (TPSA) is 67.2 Å². The summed E-state index contributed by atoms with van der Waals surface area (Å²) in [7, 11) is 0. The number of benzene rings is 1. The van der Waals surface area contributed by atoms with E-state index in [9.17, 15) is 13.6 Å². The van der Waals surface area contributed by atoms with E-state index < -0.39 is 11.6 Å². The van der Waals surface area contributed by atoms with Gasteiger partial charge in [-0.15, -0.1) is 10.2 Å². The van der Waals surface area contributed by atoms with Gasteiger partial charge < -0.3 is 9.80 Å². The third kappa shape index (κ3) is 3.42. The van der Waals surface area contributed by atoms with Crippen LogP contribution in [0.25, 0.3) is 5.82 Å². The van der Waals surface area contributed by atoms with Crippen molar-refractivity contribution in [1.82, 2.24) is 24.6 Å². The molecule has 1 aliphatic rings. The number of piperazine rings is 1. The van der Waals surface area contributed by atoms with E-state index in [4.69, 9.17) is 0 Å². The second-order valence-electron chi connectivity index (χ2n) is 6.50. The van der Waals surface area contributed by atoms with Crippen LogP contribution in [0.2, 0.25) is 0 Å². The van der Waals surface area contributed by atoms with Gasteiger partial charge >= 0.3 is 0 Å². The summed E-state index contributed by atoms with van der Waals surface area (Å²) in [4.78, 5) is 20.3. The zero-order chi connectivity index (χ0) is 19.7. The van der Waals surface area contributed by atoms with Gasteiger partial charge in [0, 0.05) is 44.1 Å². The molecule has 3 heterocycles. The van der Waals surface area contributed by atoms with Gasteiger partial charge in [-0.2, -0.15) is 0 Å². The van der Waals surface area contributed by atoms with Crippen molar-refractivity contribution in [1.29, 1.82) is 0 Å². The minimum atomic E-state index is -1.02. The molecular formula is C19H18F2N6O. The van der Waals surface area contributed by atoms with Crippen molar-refractivity contribution in [2.75, 3.05) is 31.1 Å². The Kier molecular flexibility index (Phi) is 4.72. The molecule has 1 amide bonds. The number of hydrogen-bond donors (Lipinski definition) is 0. The number of imidazole rings is 1. The molecule has 28 heavy (non-hydrogen) atoms. The zero-order valence-electron chi connectivity index (χ0n) is 15.2. The van der Waals surface area contributed by atoms with Gasteiger partial charge in [-0.3, -0.25) is 9.36 Å². The van der Waals surface area contributed by atoms with Crippen molar-refractivity contribution in [3.05, 3.63) is 65.7 Å². The fourth-order valence-electron chi connectivity index (χ4n) is 3.19. The number of anilines is 1. The molecule has 0 bridgehead atoms. The van der Waals surface area contributed by atoms with Crippen LogP contribution >= 0.6 is 0 Å². The molecule has 1 aliphatic heterocycles. The highest BCUT2D eigenvalue weighted by Gasteiger charge is 2.23. The van der Waals surface area contributed by atoms with Crippen LogP contribution in [0.1, 0.15) is 16.2 Å². The van der Waals surface area contributed by atoms with Gasteiger partial charge in [0.25, 0.3) is 5.91 Å². The number of carbonyl (C=O) groups is 1. The van der Waals surface area contributed by atoms with Crippen molar-refractivity contribution in [2.45, 2.75) is 6.92 Å². The normalized spacial score (nSPS) is 14.4. The number of rotatable bonds is 3. The number of hydrogen-bond acceptors (Lipinski definition) is 5. The first-order valence-corrected chi connectivity index (χ1v) is 8.86. The largest absolute Gasteiger partial charge is 0.352 e. The molecule has 0 radical (unpaired) electrons. The molecule has 0 saturated carbocycles. The van der Waals surface area contributed by atoms with Crippen molar-refractivity contribution in [3.63, 3.8) is 0 Å². The van der Waals surface area contributed by atoms with E-state index in [0.717, 1.165) is 23.8 Å². The molecule has 0 aliphatic carbocycles. The Balaban J connectivity index is 1.40. The van der Waals surface area contributed by atoms with Crippen molar-refractivity contribution in [2.24, 2.45) is 0 Å². The summed E-state index contributed by atoms with van der Waals surface area (Å²) in [6.45, 7) is 3.96. The maximum absolute atomic E-state index is 13.4. The second kappa shape index (κ2) is 7.34. The van der Waals surface area contributed by atoms with Gasteiger partial charge in [0.2, 0.25) is 0 Å². The minimum Gasteiger partial charge on any atom is -0.352 e. The number of aryl methyl sites for hydroxylation is 1. The first-order valence-electron chi connectivity index (χ1n) is 8.86. The predicted molar refractivity (Wildman–Crippen MR) is 98.4 cm³/mol. The molecule has 3 aromatic rings. The highest BCUT2D eigenvalue weighted by molar-refractivity contribution is 5.94. The monoisotopic (exact) mass is 384 g/mol. The second-order valence-corrected chi connectivity index (χ2v) is 6.50. The van der Waals surface area contributed by atoms with Crippen LogP contribution in [0, 0.1) is 18.6 Å². The first-order chi connectivity index (χ1) is 13.5. The summed E-state index contributed by atoms with van der Waals surface area (Å²) in [5.74, 6) is -0.0587. The molecule has 0 spiro atoms. The number of amides is 1. The lowest BCUT2D eigenvalue weighted by Crippen LogP contribution is -2.49. The summed E-state index contributed by atoms with van der Waals surface area (Å²) in [6, 6.07) is 6.96. The molecule has 144 valence electrons. The van der Waals surface area contributed by atoms with Crippen LogP contribution in [-0.2, 0) is 0 Å². The van der Waals surface area contributed by atoms with E-state index in [1.54, 1.807) is 11.1 Å². The molecule has 1 saturated heterocycles. The first kappa shape index (κ1) is 18.0. The smallest absolute Gasteiger partial charge is 0.254 e. The molecule has 0 unspecified atom stereocenters. The summed E-state index contributed by atoms with van der Waals surface area (Å²) in [5, 5.41) is 8.53. The number of carbonyl (C=O) groups excluding carboxylic acids is 1. The Labute approximate surface area is 160 Å². The van der Waals surface area contributed by atoms with Crippen LogP contribution in [0.5, 0.6) is 0 Å². The summed E-state index contributed by atoms with van der Waals surface area (Å²) in [5.41, 5.74) is 0.146. The van der Waals surface area contributed by atoms with E-state index in [0.29, 0.717) is 32.0 Å². The Hall–Kier alpha value is -3.36. The van der Waals surface area contributed by atoms with E-state index in [2.05, 4.69) is 15.2 Å². The highest BCUT2D eigenvalue weighted by atomic mass is 19.2. The average Bonchev–Trinajstić information content (AvgIpc) is 3.16. The SMILES string of the molecule is Cc1nccn1-c1ccc(N2CCN(C(=O)c3ccc(F)c(F)c3)CC2)nn1. The van der Waals surface area contributed by atoms with Crippen LogP contribution in [0.3, 0.4) is 0 Å². The van der Waals surface area contributed by atoms with Crippen molar-refractivity contribution in [3.8, 4) is 5.82 Å². The molecule has 0 atom stereocenters. The maximum atomic E-state index is 13.4. The Bertz CT molecular complexity index is 996. The van der Waals surface area contributed by atoms with E-state index in [1.165, 1.54) is 6.07 Å². The van der Waals surface area contributed by atoms with Crippen molar-refractivity contribution < 1.29 is 13.6 Å². The lowest BCUT2D eigenvalue weighted by Gasteiger charge is -2.35. The quantitative estimate of drug-likeness (QED) is 0.693.